The van der Waals surface area contributed by atoms with Gasteiger partial charge in [-0.05, 0) is 43.2 Å². The number of pyridine rings is 2. The monoisotopic (exact) mass is 525 g/mol. The molecule has 5 heterocycles. The van der Waals surface area contributed by atoms with Crippen LogP contribution in [0.15, 0.2) is 55.0 Å². The lowest BCUT2D eigenvalue weighted by molar-refractivity contribution is -0.116. The van der Waals surface area contributed by atoms with Crippen LogP contribution in [0, 0.1) is 18.7 Å². The summed E-state index contributed by atoms with van der Waals surface area (Å²) in [5.74, 6) is 0.247. The van der Waals surface area contributed by atoms with Gasteiger partial charge in [0.05, 0.1) is 27.8 Å². The molecule has 0 atom stereocenters. The molecular formula is C28H24FN7OS. The van der Waals surface area contributed by atoms with Crippen LogP contribution in [0.3, 0.4) is 0 Å². The number of aromatic amines is 2. The Balaban J connectivity index is 1.41. The van der Waals surface area contributed by atoms with Gasteiger partial charge in [-0.2, -0.15) is 5.10 Å². The molecule has 190 valence electrons. The molecule has 0 radical (unpaired) electrons. The maximum absolute atomic E-state index is 15.2. The number of nitrogens with zero attached hydrogens (tertiary/aromatic N) is 4. The fraction of sp³-hybridized carbons (Fsp3) is 0.179. The number of anilines is 1. The number of amides is 1. The Morgan fingerprint density at radius 1 is 1.11 bits per heavy atom. The number of H-pyrrole nitrogens is 2. The Morgan fingerprint density at radius 3 is 2.76 bits per heavy atom. The van der Waals surface area contributed by atoms with Crippen LogP contribution in [-0.4, -0.2) is 36.0 Å². The average Bonchev–Trinajstić information content (AvgIpc) is 3.60. The van der Waals surface area contributed by atoms with Gasteiger partial charge in [0.1, 0.15) is 22.7 Å². The summed E-state index contributed by atoms with van der Waals surface area (Å²) in [6.45, 7) is 6.01. The van der Waals surface area contributed by atoms with Crippen molar-refractivity contribution in [2.75, 3.05) is 5.32 Å². The molecule has 5 aromatic heterocycles. The molecule has 3 N–H and O–H groups in total. The Morgan fingerprint density at radius 2 is 1.97 bits per heavy atom. The number of thiophene rings is 1. The molecular weight excluding hydrogens is 501 g/mol. The summed E-state index contributed by atoms with van der Waals surface area (Å²) in [5, 5.41) is 10.9. The second-order valence-corrected chi connectivity index (χ2v) is 10.9. The minimum Gasteiger partial charge on any atom is -0.336 e. The Bertz CT molecular complexity index is 1820. The van der Waals surface area contributed by atoms with Crippen molar-refractivity contribution in [2.45, 2.75) is 27.2 Å². The molecule has 1 aromatic carbocycles. The largest absolute Gasteiger partial charge is 0.336 e. The van der Waals surface area contributed by atoms with Crippen molar-refractivity contribution in [2.24, 2.45) is 5.92 Å². The van der Waals surface area contributed by atoms with E-state index in [-0.39, 0.29) is 11.8 Å². The molecule has 0 saturated carbocycles. The van der Waals surface area contributed by atoms with Crippen LogP contribution in [0.5, 0.6) is 0 Å². The molecule has 0 bridgehead atoms. The summed E-state index contributed by atoms with van der Waals surface area (Å²) in [4.78, 5) is 31.4. The number of fused-ring (bicyclic) bond motifs is 2. The van der Waals surface area contributed by atoms with Gasteiger partial charge in [0.25, 0.3) is 0 Å². The van der Waals surface area contributed by atoms with Crippen LogP contribution >= 0.6 is 11.3 Å². The highest BCUT2D eigenvalue weighted by Crippen LogP contribution is 2.35. The van der Waals surface area contributed by atoms with Gasteiger partial charge in [-0.15, -0.1) is 11.3 Å². The fourth-order valence-electron chi connectivity index (χ4n) is 4.47. The maximum Gasteiger partial charge on any atom is 0.224 e. The third kappa shape index (κ3) is 4.43. The van der Waals surface area contributed by atoms with E-state index in [9.17, 15) is 4.79 Å². The third-order valence-corrected chi connectivity index (χ3v) is 7.18. The predicted octanol–water partition coefficient (Wildman–Crippen LogP) is 6.72. The van der Waals surface area contributed by atoms with Crippen LogP contribution in [0.1, 0.15) is 25.1 Å². The molecule has 0 saturated heterocycles. The smallest absolute Gasteiger partial charge is 0.224 e. The van der Waals surface area contributed by atoms with E-state index < -0.39 is 5.82 Å². The van der Waals surface area contributed by atoms with Crippen molar-refractivity contribution in [1.82, 2.24) is 30.1 Å². The van der Waals surface area contributed by atoms with E-state index in [2.05, 4.69) is 43.5 Å². The minimum atomic E-state index is -0.427. The van der Waals surface area contributed by atoms with E-state index in [1.165, 1.54) is 10.9 Å². The topological polar surface area (TPSA) is 112 Å². The minimum absolute atomic E-state index is 0.108. The van der Waals surface area contributed by atoms with E-state index >= 15 is 4.39 Å². The van der Waals surface area contributed by atoms with Gasteiger partial charge < -0.3 is 10.3 Å². The molecule has 0 aliphatic carbocycles. The lowest BCUT2D eigenvalue weighted by atomic mass is 10.0. The number of nitrogens with one attached hydrogen (secondary N) is 3. The van der Waals surface area contributed by atoms with Crippen LogP contribution in [0.4, 0.5) is 10.1 Å². The molecule has 0 aliphatic rings. The van der Waals surface area contributed by atoms with Gasteiger partial charge in [-0.3, -0.25) is 19.9 Å². The van der Waals surface area contributed by atoms with E-state index in [0.717, 1.165) is 21.6 Å². The van der Waals surface area contributed by atoms with Crippen LogP contribution < -0.4 is 5.32 Å². The lowest BCUT2D eigenvalue weighted by Crippen LogP contribution is -2.14. The number of benzene rings is 1. The van der Waals surface area contributed by atoms with E-state index in [4.69, 9.17) is 4.98 Å². The Hall–Kier alpha value is -4.44. The van der Waals surface area contributed by atoms with Crippen LogP contribution in [0.2, 0.25) is 0 Å². The van der Waals surface area contributed by atoms with Crippen molar-refractivity contribution in [3.05, 3.63) is 65.7 Å². The van der Waals surface area contributed by atoms with E-state index in [1.807, 2.05) is 26.0 Å². The van der Waals surface area contributed by atoms with E-state index in [1.54, 1.807) is 42.1 Å². The number of aromatic nitrogens is 6. The quantitative estimate of drug-likeness (QED) is 0.223. The summed E-state index contributed by atoms with van der Waals surface area (Å²) in [7, 11) is 0. The highest BCUT2D eigenvalue weighted by Gasteiger charge is 2.19. The first-order valence-electron chi connectivity index (χ1n) is 12.2. The number of hydrogen-bond donors (Lipinski definition) is 3. The van der Waals surface area contributed by atoms with Crippen molar-refractivity contribution < 1.29 is 9.18 Å². The predicted molar refractivity (Wildman–Crippen MR) is 148 cm³/mol. The number of rotatable bonds is 6. The Kier molecular flexibility index (Phi) is 5.96. The van der Waals surface area contributed by atoms with Crippen molar-refractivity contribution in [3.8, 4) is 33.2 Å². The molecule has 38 heavy (non-hydrogen) atoms. The Labute approximate surface area is 221 Å². The molecule has 8 nitrogen and oxygen atoms in total. The highest BCUT2D eigenvalue weighted by molar-refractivity contribution is 7.15. The normalized spacial score (nSPS) is 11.6. The molecule has 10 heteroatoms. The maximum atomic E-state index is 15.2. The molecule has 0 spiro atoms. The number of halogens is 1. The van der Waals surface area contributed by atoms with Crippen molar-refractivity contribution in [3.63, 3.8) is 0 Å². The van der Waals surface area contributed by atoms with Crippen molar-refractivity contribution in [1.29, 1.82) is 0 Å². The number of imidazole rings is 1. The second kappa shape index (κ2) is 9.46. The molecule has 1 amide bonds. The highest BCUT2D eigenvalue weighted by atomic mass is 32.1. The molecule has 0 unspecified atom stereocenters. The number of hydrogen-bond acceptors (Lipinski definition) is 6. The first-order chi connectivity index (χ1) is 18.4. The van der Waals surface area contributed by atoms with E-state index in [0.29, 0.717) is 45.7 Å². The second-order valence-electron chi connectivity index (χ2n) is 9.61. The summed E-state index contributed by atoms with van der Waals surface area (Å²) in [6.07, 6.45) is 5.27. The number of aryl methyl sites for hydroxylation is 1. The number of carbonyl (C=O) groups is 1. The first-order valence-corrected chi connectivity index (χ1v) is 13.0. The molecule has 6 aromatic rings. The van der Waals surface area contributed by atoms with Gasteiger partial charge in [0, 0.05) is 46.3 Å². The summed E-state index contributed by atoms with van der Waals surface area (Å²) in [5.41, 5.74) is 4.91. The van der Waals surface area contributed by atoms with Gasteiger partial charge in [0.15, 0.2) is 5.82 Å². The third-order valence-electron chi connectivity index (χ3n) is 6.18. The van der Waals surface area contributed by atoms with Crippen LogP contribution in [0.25, 0.3) is 55.2 Å². The zero-order chi connectivity index (χ0) is 26.4. The summed E-state index contributed by atoms with van der Waals surface area (Å²) < 4.78 is 15.2. The average molecular weight is 526 g/mol. The summed E-state index contributed by atoms with van der Waals surface area (Å²) in [6, 6.07) is 10.8. The SMILES string of the molecule is Cc1ccc(-c2nccc3[nH]c(-c4n[nH]c5cc(F)c(-c6cncc(NC(=O)CC(C)C)c6)cc45)nc23)s1. The standard InChI is InChI=1S/C28H24FN7OS/c1-14(2)8-24(37)32-17-9-16(12-30-13-17)18-10-19-22(11-20(18)29)35-36-25(19)28-33-21-6-7-31-27(26(21)34-28)23-5-4-15(3)38-23/h4-7,9-14H,8H2,1-3H3,(H,32,37)(H,33,34)(H,35,36). The van der Waals surface area contributed by atoms with Gasteiger partial charge in [-0.1, -0.05) is 13.8 Å². The first kappa shape index (κ1) is 23.9. The molecule has 6 rings (SSSR count). The zero-order valence-corrected chi connectivity index (χ0v) is 21.8. The zero-order valence-electron chi connectivity index (χ0n) is 21.0. The van der Waals surface area contributed by atoms with Crippen LogP contribution in [-0.2, 0) is 4.79 Å². The number of carbonyl (C=O) groups excluding carboxylic acids is 1. The summed E-state index contributed by atoms with van der Waals surface area (Å²) >= 11 is 1.66. The van der Waals surface area contributed by atoms with Crippen molar-refractivity contribution >= 4 is 44.9 Å². The fourth-order valence-corrected chi connectivity index (χ4v) is 5.33. The lowest BCUT2D eigenvalue weighted by Gasteiger charge is -2.09. The van der Waals surface area contributed by atoms with Gasteiger partial charge in [-0.25, -0.2) is 9.37 Å². The van der Waals surface area contributed by atoms with Gasteiger partial charge >= 0.3 is 0 Å². The van der Waals surface area contributed by atoms with Gasteiger partial charge in [0.2, 0.25) is 5.91 Å². The molecule has 0 aliphatic heterocycles. The molecule has 0 fully saturated rings.